The zero-order chi connectivity index (χ0) is 24.8. The SMILES string of the molecule is CCCOc1ccc(C2C3=C(OC4CCCCC4C3=O)C(=O)N2c2nc3ccc(OC)cc3s2)cc1. The number of anilines is 1. The maximum atomic E-state index is 13.9. The van der Waals surface area contributed by atoms with Gasteiger partial charge >= 0.3 is 0 Å². The number of aromatic nitrogens is 1. The lowest BCUT2D eigenvalue weighted by molar-refractivity contribution is -0.131. The molecule has 0 N–H and O–H groups in total. The van der Waals surface area contributed by atoms with Crippen molar-refractivity contribution in [2.45, 2.75) is 51.2 Å². The molecule has 0 saturated heterocycles. The van der Waals surface area contributed by atoms with E-state index in [0.29, 0.717) is 17.3 Å². The molecule has 7 nitrogen and oxygen atoms in total. The van der Waals surface area contributed by atoms with Crippen molar-refractivity contribution in [1.82, 2.24) is 4.98 Å². The second-order valence-corrected chi connectivity index (χ2v) is 10.5. The van der Waals surface area contributed by atoms with Crippen molar-refractivity contribution in [2.24, 2.45) is 5.92 Å². The molecular weight excluding hydrogens is 476 g/mol. The molecule has 0 bridgehead atoms. The van der Waals surface area contributed by atoms with E-state index in [1.807, 2.05) is 42.5 Å². The number of carbonyl (C=O) groups excluding carboxylic acids is 2. The third-order valence-electron chi connectivity index (χ3n) is 7.22. The van der Waals surface area contributed by atoms with Crippen LogP contribution in [-0.2, 0) is 14.3 Å². The Balaban J connectivity index is 1.45. The van der Waals surface area contributed by atoms with Gasteiger partial charge in [0.05, 0.1) is 41.5 Å². The predicted octanol–water partition coefficient (Wildman–Crippen LogP) is 5.59. The van der Waals surface area contributed by atoms with E-state index < -0.39 is 6.04 Å². The van der Waals surface area contributed by atoms with E-state index in [2.05, 4.69) is 6.92 Å². The number of thiazole rings is 1. The lowest BCUT2D eigenvalue weighted by atomic mass is 9.77. The standard InChI is InChI=1S/C28H28N2O5S/c1-3-14-34-17-10-8-16(9-11-17)24-23-25(31)19-6-4-5-7-21(19)35-26(23)27(32)30(24)28-29-20-13-12-18(33-2)15-22(20)36-28/h8-13,15,19,21,24H,3-7,14H2,1-2H3. The van der Waals surface area contributed by atoms with Crippen LogP contribution in [0.5, 0.6) is 11.5 Å². The second kappa shape index (κ2) is 9.24. The van der Waals surface area contributed by atoms with E-state index in [4.69, 9.17) is 19.2 Å². The van der Waals surface area contributed by atoms with Crippen LogP contribution in [0.15, 0.2) is 53.8 Å². The smallest absolute Gasteiger partial charge is 0.296 e. The molecule has 3 heterocycles. The van der Waals surface area contributed by atoms with Gasteiger partial charge in [0.25, 0.3) is 5.91 Å². The molecule has 1 amide bonds. The molecule has 0 radical (unpaired) electrons. The molecule has 186 valence electrons. The number of Topliss-reactive ketones (excluding diaryl/α,β-unsaturated/α-hetero) is 1. The number of benzene rings is 2. The van der Waals surface area contributed by atoms with Crippen molar-refractivity contribution < 1.29 is 23.8 Å². The largest absolute Gasteiger partial charge is 0.497 e. The first-order chi connectivity index (χ1) is 17.6. The molecule has 3 aliphatic rings. The number of rotatable bonds is 6. The molecule has 1 fully saturated rings. The summed E-state index contributed by atoms with van der Waals surface area (Å²) >= 11 is 1.41. The highest BCUT2D eigenvalue weighted by atomic mass is 32.1. The Morgan fingerprint density at radius 3 is 2.64 bits per heavy atom. The highest BCUT2D eigenvalue weighted by molar-refractivity contribution is 7.22. The summed E-state index contributed by atoms with van der Waals surface area (Å²) in [5, 5.41) is 0.535. The quantitative estimate of drug-likeness (QED) is 0.435. The van der Waals surface area contributed by atoms with Gasteiger partial charge < -0.3 is 14.2 Å². The Hall–Kier alpha value is -3.39. The topological polar surface area (TPSA) is 78.0 Å². The first kappa shape index (κ1) is 23.0. The van der Waals surface area contributed by atoms with Crippen molar-refractivity contribution in [2.75, 3.05) is 18.6 Å². The fraction of sp³-hybridized carbons (Fsp3) is 0.393. The molecule has 1 aromatic heterocycles. The van der Waals surface area contributed by atoms with Crippen LogP contribution in [0.2, 0.25) is 0 Å². The summed E-state index contributed by atoms with van der Waals surface area (Å²) in [7, 11) is 1.62. The van der Waals surface area contributed by atoms with Crippen LogP contribution in [0.1, 0.15) is 50.6 Å². The van der Waals surface area contributed by atoms with Gasteiger partial charge in [-0.15, -0.1) is 0 Å². The lowest BCUT2D eigenvalue weighted by Gasteiger charge is -2.35. The highest BCUT2D eigenvalue weighted by Gasteiger charge is 2.53. The number of hydrogen-bond acceptors (Lipinski definition) is 7. The molecule has 2 aromatic carbocycles. The van der Waals surface area contributed by atoms with Gasteiger partial charge in [-0.25, -0.2) is 4.98 Å². The Bertz CT molecular complexity index is 1360. The van der Waals surface area contributed by atoms with Gasteiger partial charge in [0, 0.05) is 0 Å². The minimum Gasteiger partial charge on any atom is -0.497 e. The Kier molecular flexibility index (Phi) is 5.91. The Morgan fingerprint density at radius 1 is 1.08 bits per heavy atom. The summed E-state index contributed by atoms with van der Waals surface area (Å²) < 4.78 is 18.3. The van der Waals surface area contributed by atoms with Crippen molar-refractivity contribution in [3.8, 4) is 11.5 Å². The van der Waals surface area contributed by atoms with E-state index >= 15 is 0 Å². The third kappa shape index (κ3) is 3.75. The Labute approximate surface area is 213 Å². The molecule has 3 atom stereocenters. The maximum Gasteiger partial charge on any atom is 0.296 e. The van der Waals surface area contributed by atoms with Gasteiger partial charge in [-0.05, 0) is 61.6 Å². The molecule has 36 heavy (non-hydrogen) atoms. The summed E-state index contributed by atoms with van der Waals surface area (Å²) in [6.45, 7) is 2.69. The second-order valence-electron chi connectivity index (χ2n) is 9.48. The van der Waals surface area contributed by atoms with Crippen LogP contribution in [0.25, 0.3) is 10.2 Å². The summed E-state index contributed by atoms with van der Waals surface area (Å²) in [4.78, 5) is 34.1. The fourth-order valence-corrected chi connectivity index (χ4v) is 6.47. The zero-order valence-electron chi connectivity index (χ0n) is 20.4. The predicted molar refractivity (Wildman–Crippen MR) is 137 cm³/mol. The van der Waals surface area contributed by atoms with E-state index in [-0.39, 0.29) is 29.5 Å². The van der Waals surface area contributed by atoms with Gasteiger partial charge in [-0.3, -0.25) is 14.5 Å². The molecular formula is C28H28N2O5S. The molecule has 1 saturated carbocycles. The van der Waals surface area contributed by atoms with Crippen LogP contribution >= 0.6 is 11.3 Å². The minimum absolute atomic E-state index is 0.0379. The van der Waals surface area contributed by atoms with Gasteiger partial charge in [-0.2, -0.15) is 0 Å². The zero-order valence-corrected chi connectivity index (χ0v) is 21.2. The monoisotopic (exact) mass is 504 g/mol. The number of ketones is 1. The molecule has 1 aliphatic carbocycles. The van der Waals surface area contributed by atoms with Gasteiger partial charge in [-0.1, -0.05) is 36.8 Å². The van der Waals surface area contributed by atoms with Gasteiger partial charge in [0.1, 0.15) is 17.6 Å². The average Bonchev–Trinajstić information content (AvgIpc) is 3.46. The van der Waals surface area contributed by atoms with Crippen molar-refractivity contribution >= 4 is 38.4 Å². The highest BCUT2D eigenvalue weighted by Crippen LogP contribution is 2.49. The fourth-order valence-electron chi connectivity index (χ4n) is 5.45. The maximum absolute atomic E-state index is 13.9. The van der Waals surface area contributed by atoms with E-state index in [1.165, 1.54) is 11.3 Å². The minimum atomic E-state index is -0.592. The first-order valence-corrected chi connectivity index (χ1v) is 13.4. The summed E-state index contributed by atoms with van der Waals surface area (Å²) in [5.74, 6) is 1.22. The molecule has 6 rings (SSSR count). The molecule has 3 aromatic rings. The number of nitrogens with zero attached hydrogens (tertiary/aromatic N) is 2. The van der Waals surface area contributed by atoms with Crippen molar-refractivity contribution in [3.63, 3.8) is 0 Å². The number of methoxy groups -OCH3 is 1. The number of hydrogen-bond donors (Lipinski definition) is 0. The molecule has 8 heteroatoms. The normalized spacial score (nSPS) is 23.5. The van der Waals surface area contributed by atoms with Crippen LogP contribution in [-0.4, -0.2) is 36.5 Å². The van der Waals surface area contributed by atoms with Crippen molar-refractivity contribution in [1.29, 1.82) is 0 Å². The van der Waals surface area contributed by atoms with Crippen LogP contribution in [0.3, 0.4) is 0 Å². The summed E-state index contributed by atoms with van der Waals surface area (Å²) in [6, 6.07) is 12.7. The number of fused-ring (bicyclic) bond motifs is 2. The van der Waals surface area contributed by atoms with Crippen LogP contribution in [0, 0.1) is 5.92 Å². The van der Waals surface area contributed by atoms with Crippen LogP contribution in [0.4, 0.5) is 5.13 Å². The lowest BCUT2D eigenvalue weighted by Crippen LogP contribution is -2.39. The first-order valence-electron chi connectivity index (χ1n) is 12.5. The summed E-state index contributed by atoms with van der Waals surface area (Å²) in [5.41, 5.74) is 2.07. The molecule has 3 unspecified atom stereocenters. The Morgan fingerprint density at radius 2 is 1.86 bits per heavy atom. The van der Waals surface area contributed by atoms with Gasteiger partial charge in [0.2, 0.25) is 0 Å². The molecule has 0 spiro atoms. The number of amides is 1. The summed E-state index contributed by atoms with van der Waals surface area (Å²) in [6.07, 6.45) is 4.31. The van der Waals surface area contributed by atoms with Crippen LogP contribution < -0.4 is 14.4 Å². The van der Waals surface area contributed by atoms with Gasteiger partial charge in [0.15, 0.2) is 16.7 Å². The van der Waals surface area contributed by atoms with E-state index in [9.17, 15) is 9.59 Å². The third-order valence-corrected chi connectivity index (χ3v) is 8.24. The van der Waals surface area contributed by atoms with Crippen molar-refractivity contribution in [3.05, 3.63) is 59.4 Å². The van der Waals surface area contributed by atoms with E-state index in [1.54, 1.807) is 12.0 Å². The number of carbonyl (C=O) groups is 2. The molecule has 2 aliphatic heterocycles. The number of ether oxygens (including phenoxy) is 3. The average molecular weight is 505 g/mol. The van der Waals surface area contributed by atoms with E-state index in [0.717, 1.165) is 59.4 Å².